The van der Waals surface area contributed by atoms with E-state index >= 15 is 0 Å². The van der Waals surface area contributed by atoms with E-state index in [0.29, 0.717) is 18.4 Å². The molecule has 19 heteroatoms. The third-order valence-electron chi connectivity index (χ3n) is 7.18. The molecular formula is C26H31N2O14P3. The summed E-state index contributed by atoms with van der Waals surface area (Å²) < 4.78 is 70.4. The Bertz CT molecular complexity index is 1800. The van der Waals surface area contributed by atoms with Gasteiger partial charge in [0.05, 0.1) is 11.9 Å². The van der Waals surface area contributed by atoms with Crippen LogP contribution in [0.3, 0.4) is 0 Å². The Morgan fingerprint density at radius 1 is 0.867 bits per heavy atom. The number of aryl methyl sites for hydroxylation is 3. The lowest BCUT2D eigenvalue weighted by molar-refractivity contribution is -0.153. The van der Waals surface area contributed by atoms with Crippen molar-refractivity contribution in [1.82, 2.24) is 9.55 Å². The van der Waals surface area contributed by atoms with E-state index < -0.39 is 71.9 Å². The van der Waals surface area contributed by atoms with Crippen LogP contribution in [-0.4, -0.2) is 55.4 Å². The number of fused-ring (bicyclic) bond motifs is 1. The molecule has 2 aliphatic rings. The predicted octanol–water partition coefficient (Wildman–Crippen LogP) is 2.56. The Morgan fingerprint density at radius 3 is 2.27 bits per heavy atom. The average molecular weight is 688 g/mol. The van der Waals surface area contributed by atoms with Crippen molar-refractivity contribution in [3.63, 3.8) is 0 Å². The Balaban J connectivity index is 1.27. The third-order valence-corrected chi connectivity index (χ3v) is 11.9. The van der Waals surface area contributed by atoms with Crippen molar-refractivity contribution in [2.75, 3.05) is 6.61 Å². The standard InChI is InChI=1S/C26H31N2O14P3/c1-16-8-10-19(14-17(16)2)43(31,32)41-45(35,36)42-44(33,34)37-15-20-23-24(25(38-20)28-13-12-21(29)27-26(28)30)40-22(39-23)11-9-18-6-4-3-5-7-18/h3-8,10,12-14,20,22-25H,9,11,15H2,1-2H3,(H,31,32)(H,33,34)(H,35,36)(H,27,29,30)/t20-,22?,23?,24?,25-/m1/s1. The number of nitrogens with zero attached hydrogens (tertiary/aromatic N) is 1. The fourth-order valence-corrected chi connectivity index (χ4v) is 8.95. The Hall–Kier alpha value is -2.55. The SMILES string of the molecule is Cc1ccc(P(=O)(O)OP(=O)(O)OP(=O)(O)OC[C@H]2O[C@@H](n3ccc(=O)[nH]c3=O)C3OC(CCc4ccccc4)OC32)cc1C. The lowest BCUT2D eigenvalue weighted by Gasteiger charge is -2.22. The van der Waals surface area contributed by atoms with Crippen LogP contribution >= 0.6 is 23.2 Å². The van der Waals surface area contributed by atoms with Gasteiger partial charge in [0.15, 0.2) is 12.5 Å². The van der Waals surface area contributed by atoms with E-state index in [-0.39, 0.29) is 5.30 Å². The molecule has 8 atom stereocenters. The second kappa shape index (κ2) is 13.3. The van der Waals surface area contributed by atoms with E-state index in [4.69, 9.17) is 18.7 Å². The smallest absolute Gasteiger partial charge is 0.346 e. The highest BCUT2D eigenvalue weighted by Gasteiger charge is 2.54. The highest BCUT2D eigenvalue weighted by atomic mass is 31.3. The first-order valence-corrected chi connectivity index (χ1v) is 18.1. The van der Waals surface area contributed by atoms with Gasteiger partial charge < -0.3 is 28.9 Å². The maximum Gasteiger partial charge on any atom is 0.488 e. The molecule has 0 spiro atoms. The number of benzene rings is 2. The molecule has 3 heterocycles. The van der Waals surface area contributed by atoms with Crippen LogP contribution in [-0.2, 0) is 47.5 Å². The van der Waals surface area contributed by atoms with E-state index in [1.54, 1.807) is 13.8 Å². The zero-order chi connectivity index (χ0) is 32.6. The summed E-state index contributed by atoms with van der Waals surface area (Å²) in [5.74, 6) is 0. The second-order valence-electron chi connectivity index (χ2n) is 10.4. The van der Waals surface area contributed by atoms with Crippen molar-refractivity contribution in [2.45, 2.75) is 57.5 Å². The summed E-state index contributed by atoms with van der Waals surface area (Å²) in [5, 5.41) is -0.341. The molecule has 2 saturated heterocycles. The minimum Gasteiger partial charge on any atom is -0.346 e. The van der Waals surface area contributed by atoms with Gasteiger partial charge in [-0.3, -0.25) is 23.4 Å². The van der Waals surface area contributed by atoms with Gasteiger partial charge in [-0.25, -0.2) is 18.2 Å². The quantitative estimate of drug-likeness (QED) is 0.201. The Morgan fingerprint density at radius 2 is 1.58 bits per heavy atom. The van der Waals surface area contributed by atoms with Crippen LogP contribution in [0.1, 0.15) is 29.3 Å². The van der Waals surface area contributed by atoms with Gasteiger partial charge in [-0.1, -0.05) is 36.4 Å². The number of aromatic nitrogens is 2. The first kappa shape index (κ1) is 33.8. The van der Waals surface area contributed by atoms with Crippen molar-refractivity contribution in [2.24, 2.45) is 0 Å². The average Bonchev–Trinajstić information content (AvgIpc) is 3.51. The zero-order valence-electron chi connectivity index (χ0n) is 23.9. The summed E-state index contributed by atoms with van der Waals surface area (Å²) in [5.41, 5.74) is 0.932. The summed E-state index contributed by atoms with van der Waals surface area (Å²) in [6.45, 7) is 2.61. The summed E-state index contributed by atoms with van der Waals surface area (Å²) >= 11 is 0. The summed E-state index contributed by atoms with van der Waals surface area (Å²) in [4.78, 5) is 56.8. The molecule has 0 aliphatic carbocycles. The Kier molecular flexibility index (Phi) is 9.98. The van der Waals surface area contributed by atoms with Gasteiger partial charge >= 0.3 is 28.9 Å². The van der Waals surface area contributed by atoms with Gasteiger partial charge in [-0.15, -0.1) is 0 Å². The van der Waals surface area contributed by atoms with Crippen LogP contribution in [0.2, 0.25) is 0 Å². The summed E-state index contributed by atoms with van der Waals surface area (Å²) in [6.07, 6.45) is -2.79. The molecule has 0 saturated carbocycles. The molecule has 2 aromatic carbocycles. The number of rotatable bonds is 12. The molecule has 244 valence electrons. The maximum atomic E-state index is 12.7. The van der Waals surface area contributed by atoms with Crippen molar-refractivity contribution in [3.05, 3.63) is 98.3 Å². The van der Waals surface area contributed by atoms with Crippen molar-refractivity contribution >= 4 is 28.5 Å². The molecule has 2 fully saturated rings. The largest absolute Gasteiger partial charge is 0.488 e. The van der Waals surface area contributed by atoms with Gasteiger partial charge in [-0.05, 0) is 49.1 Å². The van der Waals surface area contributed by atoms with Crippen LogP contribution in [0, 0.1) is 13.8 Å². The lowest BCUT2D eigenvalue weighted by atomic mass is 10.1. The minimum atomic E-state index is -5.66. The number of hydrogen-bond acceptors (Lipinski definition) is 11. The summed E-state index contributed by atoms with van der Waals surface area (Å²) in [7, 11) is -16.1. The van der Waals surface area contributed by atoms with Crippen LogP contribution in [0.15, 0.2) is 70.4 Å². The maximum absolute atomic E-state index is 12.7. The third kappa shape index (κ3) is 8.25. The van der Waals surface area contributed by atoms with Gasteiger partial charge in [0.25, 0.3) is 5.56 Å². The Labute approximate surface area is 256 Å². The number of phosphoric ester groups is 1. The lowest BCUT2D eigenvalue weighted by Crippen LogP contribution is -2.36. The van der Waals surface area contributed by atoms with Crippen molar-refractivity contribution in [3.8, 4) is 0 Å². The first-order chi connectivity index (χ1) is 21.1. The summed E-state index contributed by atoms with van der Waals surface area (Å²) in [6, 6.07) is 14.6. The van der Waals surface area contributed by atoms with E-state index in [9.17, 15) is 38.0 Å². The molecule has 2 aliphatic heterocycles. The molecule has 45 heavy (non-hydrogen) atoms. The molecule has 3 aromatic rings. The topological polar surface area (TPSA) is 222 Å². The molecular weight excluding hydrogens is 657 g/mol. The monoisotopic (exact) mass is 688 g/mol. The van der Waals surface area contributed by atoms with Crippen LogP contribution in [0.5, 0.6) is 0 Å². The van der Waals surface area contributed by atoms with Gasteiger partial charge in [0, 0.05) is 18.7 Å². The fraction of sp³-hybridized carbons (Fsp3) is 0.385. The van der Waals surface area contributed by atoms with E-state index in [0.717, 1.165) is 21.8 Å². The van der Waals surface area contributed by atoms with Crippen LogP contribution in [0.25, 0.3) is 0 Å². The molecule has 1 aromatic heterocycles. The highest BCUT2D eigenvalue weighted by molar-refractivity contribution is 7.71. The molecule has 5 rings (SSSR count). The molecule has 0 bridgehead atoms. The van der Waals surface area contributed by atoms with Gasteiger partial charge in [0.1, 0.15) is 18.3 Å². The molecule has 0 amide bonds. The number of ether oxygens (including phenoxy) is 3. The number of aromatic amines is 1. The minimum absolute atomic E-state index is 0.341. The van der Waals surface area contributed by atoms with Crippen molar-refractivity contribution < 1.29 is 55.7 Å². The highest BCUT2D eigenvalue weighted by Crippen LogP contribution is 2.67. The molecule has 0 radical (unpaired) electrons. The van der Waals surface area contributed by atoms with E-state index in [2.05, 4.69) is 13.6 Å². The van der Waals surface area contributed by atoms with E-state index in [1.807, 2.05) is 30.3 Å². The van der Waals surface area contributed by atoms with E-state index in [1.165, 1.54) is 24.4 Å². The van der Waals surface area contributed by atoms with Gasteiger partial charge in [-0.2, -0.15) is 4.31 Å². The second-order valence-corrected chi connectivity index (χ2v) is 15.4. The molecule has 16 nitrogen and oxygen atoms in total. The van der Waals surface area contributed by atoms with Crippen LogP contribution < -0.4 is 16.6 Å². The normalized spacial score (nSPS) is 26.9. The van der Waals surface area contributed by atoms with Crippen LogP contribution in [0.4, 0.5) is 0 Å². The fourth-order valence-electron chi connectivity index (χ4n) is 4.88. The number of nitrogens with one attached hydrogen (secondary N) is 1. The number of H-pyrrole nitrogens is 1. The number of hydrogen-bond donors (Lipinski definition) is 4. The molecule has 6 unspecified atom stereocenters. The van der Waals surface area contributed by atoms with Gasteiger partial charge in [0.2, 0.25) is 0 Å². The first-order valence-electron chi connectivity index (χ1n) is 13.6. The van der Waals surface area contributed by atoms with Crippen molar-refractivity contribution in [1.29, 1.82) is 0 Å². The zero-order valence-corrected chi connectivity index (χ0v) is 26.6. The predicted molar refractivity (Wildman–Crippen MR) is 157 cm³/mol. The number of phosphoric acid groups is 2. The molecule has 4 N–H and O–H groups in total.